The zero-order valence-corrected chi connectivity index (χ0v) is 10.2. The summed E-state index contributed by atoms with van der Waals surface area (Å²) in [5.74, 6) is 0.126. The molecule has 0 aliphatic rings. The van der Waals surface area contributed by atoms with Crippen LogP contribution in [0.15, 0.2) is 23.1 Å². The third-order valence-corrected chi connectivity index (χ3v) is 2.67. The molecule has 0 atom stereocenters. The van der Waals surface area contributed by atoms with Crippen molar-refractivity contribution in [2.75, 3.05) is 5.32 Å². The van der Waals surface area contributed by atoms with Crippen LogP contribution in [0.3, 0.4) is 0 Å². The summed E-state index contributed by atoms with van der Waals surface area (Å²) in [7, 11) is 0. The molecule has 2 rings (SSSR count). The number of amides is 1. The van der Waals surface area contributed by atoms with Crippen LogP contribution in [0.1, 0.15) is 16.1 Å². The maximum atomic E-state index is 11.9. The van der Waals surface area contributed by atoms with Crippen LogP contribution in [-0.2, 0) is 0 Å². The molecule has 0 unspecified atom stereocenters. The fourth-order valence-corrected chi connectivity index (χ4v) is 1.66. The van der Waals surface area contributed by atoms with Gasteiger partial charge in [0, 0.05) is 0 Å². The fourth-order valence-electron chi connectivity index (χ4n) is 1.25. The predicted molar refractivity (Wildman–Crippen MR) is 63.5 cm³/mol. The van der Waals surface area contributed by atoms with E-state index in [0.717, 1.165) is 0 Å². The van der Waals surface area contributed by atoms with E-state index in [-0.39, 0.29) is 21.9 Å². The van der Waals surface area contributed by atoms with Gasteiger partial charge in [-0.25, -0.2) is 9.97 Å². The van der Waals surface area contributed by atoms with E-state index in [1.165, 1.54) is 12.6 Å². The topological polar surface area (TPSA) is 68.0 Å². The number of carbonyl (C=O) groups is 1. The van der Waals surface area contributed by atoms with Gasteiger partial charge in [-0.05, 0) is 13.0 Å². The first kappa shape index (κ1) is 11.9. The third kappa shape index (κ3) is 2.40. The smallest absolute Gasteiger partial charge is 0.259 e. The number of aromatic nitrogens is 2. The van der Waals surface area contributed by atoms with Crippen molar-refractivity contribution in [2.45, 2.75) is 6.92 Å². The Kier molecular flexibility index (Phi) is 3.31. The summed E-state index contributed by atoms with van der Waals surface area (Å²) in [4.78, 5) is 19.3. The van der Waals surface area contributed by atoms with Gasteiger partial charge in [-0.15, -0.1) is 0 Å². The van der Waals surface area contributed by atoms with Gasteiger partial charge >= 0.3 is 0 Å². The fraction of sp³-hybridized carbons (Fsp3) is 0.100. The number of anilines is 1. The highest BCUT2D eigenvalue weighted by atomic mass is 35.5. The lowest BCUT2D eigenvalue weighted by Crippen LogP contribution is -2.13. The van der Waals surface area contributed by atoms with Gasteiger partial charge in [-0.2, -0.15) is 0 Å². The van der Waals surface area contributed by atoms with Gasteiger partial charge in [-0.1, -0.05) is 23.2 Å². The Morgan fingerprint density at radius 1 is 1.35 bits per heavy atom. The standard InChI is InChI=1S/C10H7Cl2N3O2/c1-5-6(2-3-17-5)10(16)15-7-8(11)13-4-14-9(7)12/h2-4H,1H3,(H,15,16). The van der Waals surface area contributed by atoms with Crippen molar-refractivity contribution in [3.8, 4) is 0 Å². The first-order valence-electron chi connectivity index (χ1n) is 4.61. The molecule has 0 saturated carbocycles. The molecular weight excluding hydrogens is 265 g/mol. The van der Waals surface area contributed by atoms with Crippen LogP contribution in [0.4, 0.5) is 5.69 Å². The lowest BCUT2D eigenvalue weighted by Gasteiger charge is -2.06. The Morgan fingerprint density at radius 2 is 2.00 bits per heavy atom. The van der Waals surface area contributed by atoms with Crippen LogP contribution < -0.4 is 5.32 Å². The van der Waals surface area contributed by atoms with Crippen molar-refractivity contribution in [3.63, 3.8) is 0 Å². The van der Waals surface area contributed by atoms with Crippen LogP contribution in [0.2, 0.25) is 10.3 Å². The highest BCUT2D eigenvalue weighted by Crippen LogP contribution is 2.26. The Labute approximate surface area is 107 Å². The van der Waals surface area contributed by atoms with Crippen LogP contribution in [0.5, 0.6) is 0 Å². The van der Waals surface area contributed by atoms with Gasteiger partial charge in [-0.3, -0.25) is 4.79 Å². The molecule has 2 aromatic rings. The van der Waals surface area contributed by atoms with Crippen molar-refractivity contribution in [3.05, 3.63) is 40.3 Å². The van der Waals surface area contributed by atoms with Gasteiger partial charge in [0.05, 0.1) is 11.8 Å². The molecule has 2 heterocycles. The average Bonchev–Trinajstić information content (AvgIpc) is 2.70. The maximum absolute atomic E-state index is 11.9. The summed E-state index contributed by atoms with van der Waals surface area (Å²) in [6, 6.07) is 1.55. The Morgan fingerprint density at radius 3 is 2.53 bits per heavy atom. The Balaban J connectivity index is 2.28. The van der Waals surface area contributed by atoms with Gasteiger partial charge in [0.1, 0.15) is 17.8 Å². The largest absolute Gasteiger partial charge is 0.469 e. The van der Waals surface area contributed by atoms with Crippen LogP contribution in [0.25, 0.3) is 0 Å². The summed E-state index contributed by atoms with van der Waals surface area (Å²) >= 11 is 11.6. The van der Waals surface area contributed by atoms with Gasteiger partial charge in [0.15, 0.2) is 10.3 Å². The zero-order valence-electron chi connectivity index (χ0n) is 8.70. The lowest BCUT2D eigenvalue weighted by molar-refractivity contribution is 0.102. The molecule has 0 aromatic carbocycles. The Bertz CT molecular complexity index is 548. The van der Waals surface area contributed by atoms with E-state index in [0.29, 0.717) is 11.3 Å². The van der Waals surface area contributed by atoms with E-state index in [9.17, 15) is 4.79 Å². The van der Waals surface area contributed by atoms with E-state index in [1.807, 2.05) is 0 Å². The molecule has 0 bridgehead atoms. The molecule has 0 radical (unpaired) electrons. The number of nitrogens with zero attached hydrogens (tertiary/aromatic N) is 2. The number of carbonyl (C=O) groups excluding carboxylic acids is 1. The number of hydrogen-bond acceptors (Lipinski definition) is 4. The molecule has 0 spiro atoms. The van der Waals surface area contributed by atoms with E-state index >= 15 is 0 Å². The van der Waals surface area contributed by atoms with Crippen molar-refractivity contribution < 1.29 is 9.21 Å². The lowest BCUT2D eigenvalue weighted by atomic mass is 10.2. The molecule has 88 valence electrons. The van der Waals surface area contributed by atoms with E-state index in [1.54, 1.807) is 13.0 Å². The van der Waals surface area contributed by atoms with Crippen LogP contribution in [-0.4, -0.2) is 15.9 Å². The maximum Gasteiger partial charge on any atom is 0.259 e. The number of hydrogen-bond donors (Lipinski definition) is 1. The summed E-state index contributed by atoms with van der Waals surface area (Å²) in [5.41, 5.74) is 0.586. The molecule has 0 saturated heterocycles. The predicted octanol–water partition coefficient (Wildman–Crippen LogP) is 2.94. The molecule has 17 heavy (non-hydrogen) atoms. The molecule has 5 nitrogen and oxygen atoms in total. The summed E-state index contributed by atoms with van der Waals surface area (Å²) in [6.45, 7) is 1.68. The van der Waals surface area contributed by atoms with Crippen molar-refractivity contribution in [2.24, 2.45) is 0 Å². The minimum absolute atomic E-state index is 0.0829. The minimum Gasteiger partial charge on any atom is -0.469 e. The Hall–Kier alpha value is -1.59. The molecule has 0 fully saturated rings. The molecule has 7 heteroatoms. The quantitative estimate of drug-likeness (QED) is 0.853. The second-order valence-electron chi connectivity index (χ2n) is 3.17. The van der Waals surface area contributed by atoms with E-state index in [2.05, 4.69) is 15.3 Å². The first-order valence-corrected chi connectivity index (χ1v) is 5.36. The monoisotopic (exact) mass is 271 g/mol. The van der Waals surface area contributed by atoms with E-state index < -0.39 is 0 Å². The zero-order chi connectivity index (χ0) is 12.4. The number of rotatable bonds is 2. The highest BCUT2D eigenvalue weighted by molar-refractivity contribution is 6.38. The van der Waals surface area contributed by atoms with Crippen molar-refractivity contribution in [1.82, 2.24) is 9.97 Å². The van der Waals surface area contributed by atoms with Gasteiger partial charge in [0.25, 0.3) is 5.91 Å². The SMILES string of the molecule is Cc1occc1C(=O)Nc1c(Cl)ncnc1Cl. The first-order chi connectivity index (χ1) is 8.09. The number of aryl methyl sites for hydroxylation is 1. The number of nitrogens with one attached hydrogen (secondary N) is 1. The minimum atomic E-state index is -0.380. The number of halogens is 2. The highest BCUT2D eigenvalue weighted by Gasteiger charge is 2.16. The molecule has 0 aliphatic heterocycles. The second kappa shape index (κ2) is 4.73. The van der Waals surface area contributed by atoms with Crippen molar-refractivity contribution in [1.29, 1.82) is 0 Å². The van der Waals surface area contributed by atoms with Crippen LogP contribution in [0, 0.1) is 6.92 Å². The molecule has 1 amide bonds. The van der Waals surface area contributed by atoms with Gasteiger partial charge in [0.2, 0.25) is 0 Å². The summed E-state index contributed by atoms with van der Waals surface area (Å²) in [5, 5.41) is 2.70. The summed E-state index contributed by atoms with van der Waals surface area (Å²) < 4.78 is 5.03. The average molecular weight is 272 g/mol. The van der Waals surface area contributed by atoms with Crippen molar-refractivity contribution >= 4 is 34.8 Å². The third-order valence-electron chi connectivity index (χ3n) is 2.10. The normalized spacial score (nSPS) is 10.3. The molecule has 1 N–H and O–H groups in total. The molecule has 2 aromatic heterocycles. The number of furan rings is 1. The van der Waals surface area contributed by atoms with Gasteiger partial charge < -0.3 is 9.73 Å². The van der Waals surface area contributed by atoms with E-state index in [4.69, 9.17) is 27.6 Å². The molecule has 0 aliphatic carbocycles. The second-order valence-corrected chi connectivity index (χ2v) is 3.89. The van der Waals surface area contributed by atoms with Crippen LogP contribution >= 0.6 is 23.2 Å². The molecular formula is C10H7Cl2N3O2. The summed E-state index contributed by atoms with van der Waals surface area (Å²) in [6.07, 6.45) is 2.64.